The smallest absolute Gasteiger partial charge is 0.354 e. The molecule has 0 fully saturated rings. The summed E-state index contributed by atoms with van der Waals surface area (Å²) in [7, 11) is 1.73. The molecule has 1 aromatic heterocycles. The molecule has 5 nitrogen and oxygen atoms in total. The van der Waals surface area contributed by atoms with Crippen molar-refractivity contribution in [1.82, 2.24) is 9.88 Å². The molecule has 1 aromatic carbocycles. The van der Waals surface area contributed by atoms with Crippen LogP contribution in [0, 0.1) is 6.92 Å². The normalized spacial score (nSPS) is 10.5. The molecule has 126 valence electrons. The van der Waals surface area contributed by atoms with Crippen molar-refractivity contribution in [3.05, 3.63) is 63.9 Å². The minimum atomic E-state index is -1.08. The molecule has 0 aliphatic heterocycles. The first kappa shape index (κ1) is 17.9. The van der Waals surface area contributed by atoms with Gasteiger partial charge in [-0.3, -0.25) is 4.79 Å². The third-order valence-electron chi connectivity index (χ3n) is 3.77. The fourth-order valence-corrected chi connectivity index (χ4v) is 2.55. The van der Waals surface area contributed by atoms with Gasteiger partial charge in [0, 0.05) is 31.2 Å². The summed E-state index contributed by atoms with van der Waals surface area (Å²) in [5.41, 5.74) is 2.53. The van der Waals surface area contributed by atoms with Gasteiger partial charge in [0.05, 0.1) is 0 Å². The second-order valence-corrected chi connectivity index (χ2v) is 6.06. The maximum Gasteiger partial charge on any atom is 0.354 e. The monoisotopic (exact) mass is 346 g/mol. The minimum absolute atomic E-state index is 0.00118. The van der Waals surface area contributed by atoms with Crippen molar-refractivity contribution >= 4 is 23.5 Å². The first-order valence-corrected chi connectivity index (χ1v) is 7.92. The van der Waals surface area contributed by atoms with Crippen LogP contribution in [-0.4, -0.2) is 33.9 Å². The van der Waals surface area contributed by atoms with E-state index in [1.54, 1.807) is 24.1 Å². The Morgan fingerprint density at radius 2 is 2.04 bits per heavy atom. The van der Waals surface area contributed by atoms with Crippen LogP contribution >= 0.6 is 11.6 Å². The SMILES string of the molecule is Cc1cc(CN(C)C(=O)CCc2cccnc2C(=O)O)ccc1Cl. The number of halogens is 1. The number of carbonyl (C=O) groups excluding carboxylic acids is 1. The molecule has 6 heteroatoms. The largest absolute Gasteiger partial charge is 0.477 e. The number of aryl methyl sites for hydroxylation is 2. The highest BCUT2D eigenvalue weighted by Crippen LogP contribution is 2.17. The van der Waals surface area contributed by atoms with Gasteiger partial charge in [0.15, 0.2) is 5.69 Å². The minimum Gasteiger partial charge on any atom is -0.477 e. The second-order valence-electron chi connectivity index (χ2n) is 5.65. The molecule has 0 aliphatic carbocycles. The molecule has 0 spiro atoms. The Balaban J connectivity index is 1.97. The maximum absolute atomic E-state index is 12.3. The van der Waals surface area contributed by atoms with E-state index in [0.717, 1.165) is 11.1 Å². The van der Waals surface area contributed by atoms with Crippen molar-refractivity contribution in [2.45, 2.75) is 26.3 Å². The van der Waals surface area contributed by atoms with Gasteiger partial charge in [0.2, 0.25) is 5.91 Å². The average molecular weight is 347 g/mol. The number of rotatable bonds is 6. The zero-order valence-electron chi connectivity index (χ0n) is 13.6. The summed E-state index contributed by atoms with van der Waals surface area (Å²) in [6.07, 6.45) is 2.01. The first-order valence-electron chi connectivity index (χ1n) is 7.54. The van der Waals surface area contributed by atoms with E-state index in [0.29, 0.717) is 23.6 Å². The molecular formula is C18H19ClN2O3. The summed E-state index contributed by atoms with van der Waals surface area (Å²) >= 11 is 6.00. The van der Waals surface area contributed by atoms with Crippen molar-refractivity contribution in [3.8, 4) is 0 Å². The summed E-state index contributed by atoms with van der Waals surface area (Å²) in [5, 5.41) is 9.81. The van der Waals surface area contributed by atoms with Crippen LogP contribution in [0.3, 0.4) is 0 Å². The maximum atomic E-state index is 12.3. The zero-order valence-corrected chi connectivity index (χ0v) is 14.4. The van der Waals surface area contributed by atoms with Gasteiger partial charge in [-0.2, -0.15) is 0 Å². The van der Waals surface area contributed by atoms with E-state index >= 15 is 0 Å². The topological polar surface area (TPSA) is 70.5 Å². The zero-order chi connectivity index (χ0) is 17.7. The molecule has 1 heterocycles. The molecule has 2 rings (SSSR count). The predicted octanol–water partition coefficient (Wildman–Crippen LogP) is 3.33. The molecular weight excluding hydrogens is 328 g/mol. The van der Waals surface area contributed by atoms with Crippen molar-refractivity contribution < 1.29 is 14.7 Å². The molecule has 0 saturated heterocycles. The van der Waals surface area contributed by atoms with Crippen molar-refractivity contribution in [1.29, 1.82) is 0 Å². The fraction of sp³-hybridized carbons (Fsp3) is 0.278. The first-order chi connectivity index (χ1) is 11.4. The van der Waals surface area contributed by atoms with E-state index in [4.69, 9.17) is 16.7 Å². The van der Waals surface area contributed by atoms with E-state index < -0.39 is 5.97 Å². The molecule has 1 amide bonds. The number of benzene rings is 1. The molecule has 0 radical (unpaired) electrons. The van der Waals surface area contributed by atoms with Crippen LogP contribution in [0.2, 0.25) is 5.02 Å². The fourth-order valence-electron chi connectivity index (χ4n) is 2.43. The number of aromatic nitrogens is 1. The highest BCUT2D eigenvalue weighted by Gasteiger charge is 2.14. The van der Waals surface area contributed by atoms with Crippen LogP contribution in [0.25, 0.3) is 0 Å². The Morgan fingerprint density at radius 1 is 1.29 bits per heavy atom. The van der Waals surface area contributed by atoms with Crippen molar-refractivity contribution in [2.75, 3.05) is 7.05 Å². The number of hydrogen-bond acceptors (Lipinski definition) is 3. The number of amides is 1. The van der Waals surface area contributed by atoms with Gasteiger partial charge in [-0.15, -0.1) is 0 Å². The van der Waals surface area contributed by atoms with Crippen LogP contribution in [0.1, 0.15) is 33.6 Å². The van der Waals surface area contributed by atoms with Crippen LogP contribution in [-0.2, 0) is 17.8 Å². The van der Waals surface area contributed by atoms with Gasteiger partial charge in [0.1, 0.15) is 0 Å². The number of carboxylic acids is 1. The van der Waals surface area contributed by atoms with E-state index in [9.17, 15) is 9.59 Å². The lowest BCUT2D eigenvalue weighted by atomic mass is 10.1. The third kappa shape index (κ3) is 4.55. The Bertz CT molecular complexity index is 762. The lowest BCUT2D eigenvalue weighted by Gasteiger charge is -2.18. The molecule has 24 heavy (non-hydrogen) atoms. The summed E-state index contributed by atoms with van der Waals surface area (Å²) in [6.45, 7) is 2.40. The van der Waals surface area contributed by atoms with Crippen LogP contribution in [0.5, 0.6) is 0 Å². The summed E-state index contributed by atoms with van der Waals surface area (Å²) in [5.74, 6) is -1.13. The lowest BCUT2D eigenvalue weighted by molar-refractivity contribution is -0.130. The molecule has 2 aromatic rings. The quantitative estimate of drug-likeness (QED) is 0.870. The van der Waals surface area contributed by atoms with Gasteiger partial charge >= 0.3 is 5.97 Å². The number of pyridine rings is 1. The summed E-state index contributed by atoms with van der Waals surface area (Å²) in [4.78, 5) is 28.9. The van der Waals surface area contributed by atoms with Gasteiger partial charge in [-0.1, -0.05) is 29.8 Å². The molecule has 0 atom stereocenters. The van der Waals surface area contributed by atoms with Gasteiger partial charge in [0.25, 0.3) is 0 Å². The Morgan fingerprint density at radius 3 is 2.71 bits per heavy atom. The molecule has 0 unspecified atom stereocenters. The van der Waals surface area contributed by atoms with Crippen molar-refractivity contribution in [2.24, 2.45) is 0 Å². The third-order valence-corrected chi connectivity index (χ3v) is 4.19. The van der Waals surface area contributed by atoms with Gasteiger partial charge in [-0.25, -0.2) is 9.78 Å². The number of hydrogen-bond donors (Lipinski definition) is 1. The van der Waals surface area contributed by atoms with E-state index in [2.05, 4.69) is 4.98 Å². The standard InChI is InChI=1S/C18H19ClN2O3/c1-12-10-13(5-7-15(12)19)11-21(2)16(22)8-6-14-4-3-9-20-17(14)18(23)24/h3-5,7,9-10H,6,8,11H2,1-2H3,(H,23,24). The van der Waals surface area contributed by atoms with Crippen LogP contribution in [0.4, 0.5) is 0 Å². The van der Waals surface area contributed by atoms with Crippen LogP contribution in [0.15, 0.2) is 36.5 Å². The number of aromatic carboxylic acids is 1. The number of nitrogens with zero attached hydrogens (tertiary/aromatic N) is 2. The lowest BCUT2D eigenvalue weighted by Crippen LogP contribution is -2.26. The Kier molecular flexibility index (Phi) is 5.93. The van der Waals surface area contributed by atoms with Crippen molar-refractivity contribution in [3.63, 3.8) is 0 Å². The van der Waals surface area contributed by atoms with E-state index in [-0.39, 0.29) is 18.0 Å². The predicted molar refractivity (Wildman–Crippen MR) is 92.2 cm³/mol. The van der Waals surface area contributed by atoms with Gasteiger partial charge in [-0.05, 0) is 42.2 Å². The van der Waals surface area contributed by atoms with E-state index in [1.807, 2.05) is 25.1 Å². The average Bonchev–Trinajstić information content (AvgIpc) is 2.56. The number of carbonyl (C=O) groups is 2. The summed E-state index contributed by atoms with van der Waals surface area (Å²) in [6, 6.07) is 9.02. The Labute approximate surface area is 145 Å². The molecule has 1 N–H and O–H groups in total. The number of carboxylic acid groups (broad SMARTS) is 1. The second kappa shape index (κ2) is 7.93. The van der Waals surface area contributed by atoms with Crippen LogP contribution < -0.4 is 0 Å². The van der Waals surface area contributed by atoms with E-state index in [1.165, 1.54) is 6.20 Å². The Hall–Kier alpha value is -2.40. The highest BCUT2D eigenvalue weighted by molar-refractivity contribution is 6.31. The van der Waals surface area contributed by atoms with Gasteiger partial charge < -0.3 is 10.0 Å². The molecule has 0 bridgehead atoms. The highest BCUT2D eigenvalue weighted by atomic mass is 35.5. The summed E-state index contributed by atoms with van der Waals surface area (Å²) < 4.78 is 0. The molecule has 0 aliphatic rings. The molecule has 0 saturated carbocycles.